The minimum absolute atomic E-state index is 0.565. The molecule has 2 heteroatoms. The Morgan fingerprint density at radius 3 is 2.80 bits per heavy atom. The first-order valence-corrected chi connectivity index (χ1v) is 5.22. The molecule has 0 amide bonds. The van der Waals surface area contributed by atoms with Crippen molar-refractivity contribution in [1.29, 1.82) is 0 Å². The largest absolute Gasteiger partial charge is 0.354 e. The fraction of sp³-hybridized carbons (Fsp3) is 0.308. The minimum Gasteiger partial charge on any atom is -0.354 e. The Morgan fingerprint density at radius 2 is 2.13 bits per heavy atom. The lowest BCUT2D eigenvalue weighted by molar-refractivity contribution is 0.595. The van der Waals surface area contributed by atoms with Crippen LogP contribution in [0.2, 0.25) is 0 Å². The van der Waals surface area contributed by atoms with E-state index >= 15 is 0 Å². The normalized spacial score (nSPS) is 12.6. The minimum atomic E-state index is 0.565. The highest BCUT2D eigenvalue weighted by Crippen LogP contribution is 2.07. The van der Waals surface area contributed by atoms with E-state index in [4.69, 9.17) is 0 Å². The molecule has 1 aromatic rings. The lowest BCUT2D eigenvalue weighted by Crippen LogP contribution is -2.06. The number of aliphatic imine (C=N–C) groups is 1. The van der Waals surface area contributed by atoms with Crippen LogP contribution in [0.1, 0.15) is 12.5 Å². The summed E-state index contributed by atoms with van der Waals surface area (Å²) in [5.41, 5.74) is 1.37. The van der Waals surface area contributed by atoms with Crippen molar-refractivity contribution >= 4 is 6.34 Å². The summed E-state index contributed by atoms with van der Waals surface area (Å²) < 4.78 is 0. The van der Waals surface area contributed by atoms with Crippen LogP contribution >= 0.6 is 0 Å². The molecule has 0 saturated carbocycles. The molecule has 2 nitrogen and oxygen atoms in total. The van der Waals surface area contributed by atoms with Crippen LogP contribution < -0.4 is 5.32 Å². The van der Waals surface area contributed by atoms with Gasteiger partial charge in [-0.1, -0.05) is 43.8 Å². The first-order valence-electron chi connectivity index (χ1n) is 5.22. The third-order valence-electron chi connectivity index (χ3n) is 2.13. The highest BCUT2D eigenvalue weighted by Gasteiger charge is 2.01. The quantitative estimate of drug-likeness (QED) is 0.556. The monoisotopic (exact) mass is 202 g/mol. The zero-order valence-corrected chi connectivity index (χ0v) is 9.19. The van der Waals surface area contributed by atoms with Gasteiger partial charge in [-0.15, -0.1) is 0 Å². The van der Waals surface area contributed by atoms with Crippen molar-refractivity contribution in [3.05, 3.63) is 48.7 Å². The lowest BCUT2D eigenvalue weighted by atomic mass is 10.0. The molecule has 0 fully saturated rings. The van der Waals surface area contributed by atoms with Gasteiger partial charge in [0.05, 0.1) is 6.34 Å². The molecule has 80 valence electrons. The Hall–Kier alpha value is -1.57. The summed E-state index contributed by atoms with van der Waals surface area (Å²) in [7, 11) is 0. The van der Waals surface area contributed by atoms with Gasteiger partial charge in [0, 0.05) is 6.54 Å². The molecule has 0 aliphatic rings. The van der Waals surface area contributed by atoms with E-state index in [-0.39, 0.29) is 0 Å². The van der Waals surface area contributed by atoms with Crippen LogP contribution in [0.4, 0.5) is 0 Å². The van der Waals surface area contributed by atoms with Gasteiger partial charge in [-0.05, 0) is 24.1 Å². The average molecular weight is 202 g/mol. The van der Waals surface area contributed by atoms with Crippen molar-refractivity contribution in [3.8, 4) is 0 Å². The molecule has 0 heterocycles. The summed E-state index contributed by atoms with van der Waals surface area (Å²) in [5, 5.41) is 2.84. The second-order valence-electron chi connectivity index (χ2n) is 3.66. The maximum atomic E-state index is 4.25. The number of nitrogens with zero attached hydrogens (tertiary/aromatic N) is 1. The van der Waals surface area contributed by atoms with Gasteiger partial charge in [0.2, 0.25) is 0 Å². The molecule has 0 bridgehead atoms. The van der Waals surface area contributed by atoms with Gasteiger partial charge in [-0.2, -0.15) is 0 Å². The number of nitrogens with one attached hydrogen (secondary N) is 1. The van der Waals surface area contributed by atoms with Crippen LogP contribution in [0.5, 0.6) is 0 Å². The maximum Gasteiger partial charge on any atom is 0.0863 e. The van der Waals surface area contributed by atoms with E-state index < -0.39 is 0 Å². The van der Waals surface area contributed by atoms with Crippen molar-refractivity contribution in [2.24, 2.45) is 10.9 Å². The Bertz CT molecular complexity index is 304. The van der Waals surface area contributed by atoms with Crippen LogP contribution in [0.15, 0.2) is 48.1 Å². The molecule has 0 saturated heterocycles. The molecule has 1 aromatic carbocycles. The van der Waals surface area contributed by atoms with Crippen molar-refractivity contribution in [2.45, 2.75) is 13.3 Å². The summed E-state index contributed by atoms with van der Waals surface area (Å²) in [4.78, 5) is 4.25. The summed E-state index contributed by atoms with van der Waals surface area (Å²) in [6, 6.07) is 10.5. The Morgan fingerprint density at radius 1 is 1.40 bits per heavy atom. The third kappa shape index (κ3) is 5.01. The number of hydrogen-bond acceptors (Lipinski definition) is 1. The Balaban J connectivity index is 2.30. The molecule has 1 unspecified atom stereocenters. The van der Waals surface area contributed by atoms with Gasteiger partial charge >= 0.3 is 0 Å². The second-order valence-corrected chi connectivity index (χ2v) is 3.66. The molecule has 1 N–H and O–H groups in total. The molecule has 1 rings (SSSR count). The molecule has 0 aliphatic carbocycles. The fourth-order valence-corrected chi connectivity index (χ4v) is 1.42. The second kappa shape index (κ2) is 6.82. The topological polar surface area (TPSA) is 24.4 Å². The highest BCUT2D eigenvalue weighted by atomic mass is 14.9. The van der Waals surface area contributed by atoms with E-state index in [9.17, 15) is 0 Å². The lowest BCUT2D eigenvalue weighted by Gasteiger charge is -2.07. The predicted octanol–water partition coefficient (Wildman–Crippen LogP) is 2.63. The van der Waals surface area contributed by atoms with Crippen LogP contribution in [0.25, 0.3) is 0 Å². The Kier molecular flexibility index (Phi) is 5.23. The van der Waals surface area contributed by atoms with Gasteiger partial charge in [0.1, 0.15) is 0 Å². The molecule has 15 heavy (non-hydrogen) atoms. The molecular formula is C13H18N2. The zero-order valence-electron chi connectivity index (χ0n) is 9.19. The third-order valence-corrected chi connectivity index (χ3v) is 2.13. The van der Waals surface area contributed by atoms with E-state index in [0.717, 1.165) is 13.0 Å². The van der Waals surface area contributed by atoms with E-state index in [1.807, 2.05) is 6.07 Å². The smallest absolute Gasteiger partial charge is 0.0863 e. The van der Waals surface area contributed by atoms with E-state index in [1.54, 1.807) is 12.5 Å². The SMILES string of the molecule is C=CNC=NCC(C)Cc1ccccc1. The number of benzene rings is 1. The molecular weight excluding hydrogens is 184 g/mol. The molecule has 1 atom stereocenters. The van der Waals surface area contributed by atoms with Gasteiger partial charge in [0.25, 0.3) is 0 Å². The number of hydrogen-bond donors (Lipinski definition) is 1. The van der Waals surface area contributed by atoms with Crippen molar-refractivity contribution in [1.82, 2.24) is 5.32 Å². The van der Waals surface area contributed by atoms with Gasteiger partial charge in [-0.25, -0.2) is 0 Å². The zero-order chi connectivity index (χ0) is 10.9. The van der Waals surface area contributed by atoms with Gasteiger partial charge < -0.3 is 5.32 Å². The van der Waals surface area contributed by atoms with Gasteiger partial charge in [0.15, 0.2) is 0 Å². The average Bonchev–Trinajstić information content (AvgIpc) is 2.26. The van der Waals surface area contributed by atoms with Crippen LogP contribution in [-0.2, 0) is 6.42 Å². The summed E-state index contributed by atoms with van der Waals surface area (Å²) in [6.45, 7) is 6.59. The van der Waals surface area contributed by atoms with Crippen molar-refractivity contribution in [3.63, 3.8) is 0 Å². The van der Waals surface area contributed by atoms with Crippen LogP contribution in [-0.4, -0.2) is 12.9 Å². The summed E-state index contributed by atoms with van der Waals surface area (Å²) in [5.74, 6) is 0.565. The van der Waals surface area contributed by atoms with E-state index in [2.05, 4.69) is 48.1 Å². The standard InChI is InChI=1S/C13H18N2/c1-3-14-11-15-10-12(2)9-13-7-5-4-6-8-13/h3-8,11-12H,1,9-10H2,2H3,(H,14,15). The summed E-state index contributed by atoms with van der Waals surface area (Å²) >= 11 is 0. The highest BCUT2D eigenvalue weighted by molar-refractivity contribution is 5.55. The van der Waals surface area contributed by atoms with E-state index in [0.29, 0.717) is 5.92 Å². The van der Waals surface area contributed by atoms with Gasteiger partial charge in [-0.3, -0.25) is 4.99 Å². The number of rotatable bonds is 6. The predicted molar refractivity (Wildman–Crippen MR) is 66.0 cm³/mol. The molecule has 0 aliphatic heterocycles. The first kappa shape index (κ1) is 11.5. The fourth-order valence-electron chi connectivity index (χ4n) is 1.42. The van der Waals surface area contributed by atoms with E-state index in [1.165, 1.54) is 5.56 Å². The molecule has 0 aromatic heterocycles. The van der Waals surface area contributed by atoms with Crippen molar-refractivity contribution < 1.29 is 0 Å². The Labute approximate surface area is 91.7 Å². The maximum absolute atomic E-state index is 4.25. The first-order chi connectivity index (χ1) is 7.33. The summed E-state index contributed by atoms with van der Waals surface area (Å²) in [6.07, 6.45) is 4.38. The van der Waals surface area contributed by atoms with Crippen LogP contribution in [0, 0.1) is 5.92 Å². The van der Waals surface area contributed by atoms with Crippen LogP contribution in [0.3, 0.4) is 0 Å². The van der Waals surface area contributed by atoms with Crippen molar-refractivity contribution in [2.75, 3.05) is 6.54 Å². The molecule has 0 spiro atoms. The molecule has 0 radical (unpaired) electrons.